The second-order valence-electron chi connectivity index (χ2n) is 6.86. The van der Waals surface area contributed by atoms with Gasteiger partial charge in [-0.15, -0.1) is 5.10 Å². The van der Waals surface area contributed by atoms with E-state index in [1.165, 1.54) is 10.7 Å². The summed E-state index contributed by atoms with van der Waals surface area (Å²) in [5, 5.41) is 11.2. The molecule has 2 heterocycles. The Hall–Kier alpha value is -4.07. The van der Waals surface area contributed by atoms with Crippen molar-refractivity contribution in [1.29, 1.82) is 0 Å². The van der Waals surface area contributed by atoms with Gasteiger partial charge in [-0.25, -0.2) is 9.07 Å². The normalized spacial score (nSPS) is 10.7. The van der Waals surface area contributed by atoms with E-state index in [0.29, 0.717) is 28.3 Å². The van der Waals surface area contributed by atoms with E-state index in [-0.39, 0.29) is 24.0 Å². The minimum atomic E-state index is -0.386. The average molecular weight is 417 g/mol. The number of ether oxygens (including phenoxy) is 1. The van der Waals surface area contributed by atoms with Crippen molar-refractivity contribution in [3.05, 3.63) is 89.6 Å². The third-order valence-corrected chi connectivity index (χ3v) is 4.86. The number of carbonyl (C=O) groups is 1. The Bertz CT molecular complexity index is 1220. The van der Waals surface area contributed by atoms with E-state index < -0.39 is 0 Å². The Morgan fingerprint density at radius 2 is 1.90 bits per heavy atom. The van der Waals surface area contributed by atoms with Crippen LogP contribution in [0.25, 0.3) is 16.9 Å². The highest BCUT2D eigenvalue weighted by molar-refractivity contribution is 5.98. The zero-order valence-electron chi connectivity index (χ0n) is 17.0. The summed E-state index contributed by atoms with van der Waals surface area (Å²) in [7, 11) is 1.58. The van der Waals surface area contributed by atoms with E-state index in [0.717, 1.165) is 5.56 Å². The van der Waals surface area contributed by atoms with Crippen molar-refractivity contribution in [3.63, 3.8) is 0 Å². The van der Waals surface area contributed by atoms with Crippen molar-refractivity contribution in [2.24, 2.45) is 0 Å². The van der Waals surface area contributed by atoms with Gasteiger partial charge in [-0.3, -0.25) is 9.78 Å². The summed E-state index contributed by atoms with van der Waals surface area (Å²) in [6, 6.07) is 15.6. The number of carbonyl (C=O) groups excluding carboxylic acids is 1. The van der Waals surface area contributed by atoms with Gasteiger partial charge in [-0.1, -0.05) is 23.4 Å². The van der Waals surface area contributed by atoms with Crippen LogP contribution in [0.5, 0.6) is 5.75 Å². The third-order valence-electron chi connectivity index (χ3n) is 4.86. The van der Waals surface area contributed by atoms with E-state index in [9.17, 15) is 9.18 Å². The SMILES string of the molecule is COc1ccccc1CNC(=O)c1nnn(-c2ccc(F)c(C)c2)c1-c1ccncc1. The fourth-order valence-corrected chi connectivity index (χ4v) is 3.25. The monoisotopic (exact) mass is 417 g/mol. The van der Waals surface area contributed by atoms with Gasteiger partial charge in [0, 0.05) is 30.1 Å². The van der Waals surface area contributed by atoms with E-state index in [1.807, 2.05) is 24.3 Å². The molecule has 0 fully saturated rings. The van der Waals surface area contributed by atoms with E-state index in [4.69, 9.17) is 4.74 Å². The lowest BCUT2D eigenvalue weighted by Crippen LogP contribution is -2.24. The summed E-state index contributed by atoms with van der Waals surface area (Å²) < 4.78 is 20.6. The number of methoxy groups -OCH3 is 1. The lowest BCUT2D eigenvalue weighted by atomic mass is 10.1. The summed E-state index contributed by atoms with van der Waals surface area (Å²) in [5.74, 6) is -0.0190. The molecular weight excluding hydrogens is 397 g/mol. The molecule has 0 bridgehead atoms. The van der Waals surface area contributed by atoms with Gasteiger partial charge in [-0.2, -0.15) is 0 Å². The molecule has 0 aliphatic carbocycles. The highest BCUT2D eigenvalue weighted by Crippen LogP contribution is 2.26. The van der Waals surface area contributed by atoms with Gasteiger partial charge < -0.3 is 10.1 Å². The van der Waals surface area contributed by atoms with Crippen molar-refractivity contribution in [1.82, 2.24) is 25.3 Å². The van der Waals surface area contributed by atoms with Crippen molar-refractivity contribution in [3.8, 4) is 22.7 Å². The molecule has 4 rings (SSSR count). The molecule has 2 aromatic heterocycles. The molecule has 0 aliphatic heterocycles. The first-order valence-electron chi connectivity index (χ1n) is 9.61. The zero-order chi connectivity index (χ0) is 21.8. The number of pyridine rings is 1. The number of amides is 1. The van der Waals surface area contributed by atoms with Crippen molar-refractivity contribution in [2.75, 3.05) is 7.11 Å². The molecule has 0 radical (unpaired) electrons. The van der Waals surface area contributed by atoms with Crippen LogP contribution in [0.1, 0.15) is 21.6 Å². The molecule has 8 heteroatoms. The van der Waals surface area contributed by atoms with Crippen LogP contribution >= 0.6 is 0 Å². The molecule has 0 saturated carbocycles. The molecule has 0 atom stereocenters. The molecule has 2 aromatic carbocycles. The number of aromatic nitrogens is 4. The van der Waals surface area contributed by atoms with Crippen molar-refractivity contribution < 1.29 is 13.9 Å². The Labute approximate surface area is 178 Å². The highest BCUT2D eigenvalue weighted by Gasteiger charge is 2.22. The van der Waals surface area contributed by atoms with Crippen LogP contribution in [-0.4, -0.2) is 33.0 Å². The standard InChI is InChI=1S/C23H20FN5O2/c1-15-13-18(7-8-19(15)24)29-22(16-9-11-25-12-10-16)21(27-28-29)23(30)26-14-17-5-3-4-6-20(17)31-2/h3-13H,14H2,1-2H3,(H,26,30). The van der Waals surface area contributed by atoms with Gasteiger partial charge in [0.25, 0.3) is 5.91 Å². The number of nitrogens with one attached hydrogen (secondary N) is 1. The molecule has 156 valence electrons. The molecule has 0 saturated heterocycles. The number of para-hydroxylation sites is 1. The summed E-state index contributed by atoms with van der Waals surface area (Å²) >= 11 is 0. The van der Waals surface area contributed by atoms with Crippen LogP contribution in [0.4, 0.5) is 4.39 Å². The maximum atomic E-state index is 13.8. The van der Waals surface area contributed by atoms with E-state index in [2.05, 4.69) is 20.6 Å². The molecular formula is C23H20FN5O2. The van der Waals surface area contributed by atoms with Crippen molar-refractivity contribution >= 4 is 5.91 Å². The second-order valence-corrected chi connectivity index (χ2v) is 6.86. The molecule has 31 heavy (non-hydrogen) atoms. The lowest BCUT2D eigenvalue weighted by molar-refractivity contribution is 0.0946. The fraction of sp³-hybridized carbons (Fsp3) is 0.130. The van der Waals surface area contributed by atoms with Gasteiger partial charge in [0.05, 0.1) is 12.8 Å². The van der Waals surface area contributed by atoms with Crippen LogP contribution in [-0.2, 0) is 6.54 Å². The molecule has 1 amide bonds. The van der Waals surface area contributed by atoms with Crippen LogP contribution in [0.15, 0.2) is 67.0 Å². The molecule has 1 N–H and O–H groups in total. The van der Waals surface area contributed by atoms with Gasteiger partial charge in [0.1, 0.15) is 17.3 Å². The highest BCUT2D eigenvalue weighted by atomic mass is 19.1. The Kier molecular flexibility index (Phi) is 5.70. The summed E-state index contributed by atoms with van der Waals surface area (Å²) in [5.41, 5.74) is 3.27. The Balaban J connectivity index is 1.71. The van der Waals surface area contributed by atoms with Crippen LogP contribution in [0, 0.1) is 12.7 Å². The fourth-order valence-electron chi connectivity index (χ4n) is 3.25. The van der Waals surface area contributed by atoms with Gasteiger partial charge in [0.2, 0.25) is 0 Å². The maximum Gasteiger partial charge on any atom is 0.274 e. The number of aryl methyl sites for hydroxylation is 1. The topological polar surface area (TPSA) is 81.9 Å². The van der Waals surface area contributed by atoms with Crippen LogP contribution in [0.2, 0.25) is 0 Å². The summed E-state index contributed by atoms with van der Waals surface area (Å²) in [6.45, 7) is 1.93. The number of hydrogen-bond acceptors (Lipinski definition) is 5. The first kappa shape index (κ1) is 20.2. The average Bonchev–Trinajstić information content (AvgIpc) is 3.25. The van der Waals surface area contributed by atoms with Gasteiger partial charge >= 0.3 is 0 Å². The number of halogens is 1. The molecule has 0 unspecified atom stereocenters. The number of hydrogen-bond donors (Lipinski definition) is 1. The first-order valence-corrected chi connectivity index (χ1v) is 9.61. The first-order chi connectivity index (χ1) is 15.1. The maximum absolute atomic E-state index is 13.8. The van der Waals surface area contributed by atoms with Crippen LogP contribution in [0.3, 0.4) is 0 Å². The zero-order valence-corrected chi connectivity index (χ0v) is 17.0. The predicted octanol–water partition coefficient (Wildman–Crippen LogP) is 3.72. The lowest BCUT2D eigenvalue weighted by Gasteiger charge is -2.11. The van der Waals surface area contributed by atoms with Crippen molar-refractivity contribution in [2.45, 2.75) is 13.5 Å². The minimum Gasteiger partial charge on any atom is -0.496 e. The Morgan fingerprint density at radius 1 is 1.13 bits per heavy atom. The predicted molar refractivity (Wildman–Crippen MR) is 113 cm³/mol. The largest absolute Gasteiger partial charge is 0.496 e. The summed E-state index contributed by atoms with van der Waals surface area (Å²) in [6.07, 6.45) is 3.25. The second kappa shape index (κ2) is 8.74. The van der Waals surface area contributed by atoms with E-state index >= 15 is 0 Å². The minimum absolute atomic E-state index is 0.156. The van der Waals surface area contributed by atoms with E-state index in [1.54, 1.807) is 50.7 Å². The molecule has 7 nitrogen and oxygen atoms in total. The van der Waals surface area contributed by atoms with Gasteiger partial charge in [-0.05, 0) is 48.9 Å². The quantitative estimate of drug-likeness (QED) is 0.517. The molecule has 0 aliphatic rings. The molecule has 0 spiro atoms. The summed E-state index contributed by atoms with van der Waals surface area (Å²) in [4.78, 5) is 17.1. The number of nitrogens with zero attached hydrogens (tertiary/aromatic N) is 4. The van der Waals surface area contributed by atoms with Gasteiger partial charge in [0.15, 0.2) is 5.69 Å². The smallest absolute Gasteiger partial charge is 0.274 e. The number of rotatable bonds is 6. The third kappa shape index (κ3) is 4.13. The Morgan fingerprint density at radius 3 is 2.65 bits per heavy atom. The van der Waals surface area contributed by atoms with Crippen LogP contribution < -0.4 is 10.1 Å². The molecule has 4 aromatic rings. The number of benzene rings is 2.